The lowest BCUT2D eigenvalue weighted by Crippen LogP contribution is -2.50. The number of aliphatic hydroxyl groups is 5. The molecule has 5 N–H and O–H groups in total. The fourth-order valence-corrected chi connectivity index (χ4v) is 1.23. The summed E-state index contributed by atoms with van der Waals surface area (Å²) in [7, 11) is 0. The first-order valence-corrected chi connectivity index (χ1v) is 3.72. The molecule has 0 aromatic heterocycles. The van der Waals surface area contributed by atoms with Gasteiger partial charge in [-0.05, 0) is 0 Å². The maximum absolute atomic E-state index is 13.0. The lowest BCUT2D eigenvalue weighted by atomic mass is 9.89. The Morgan fingerprint density at radius 3 is 1.92 bits per heavy atom. The maximum atomic E-state index is 13.0. The number of hydrogen-bond donors (Lipinski definition) is 5. The summed E-state index contributed by atoms with van der Waals surface area (Å²) in [4.78, 5) is 0. The smallest absolute Gasteiger partial charge is 0.135 e. The van der Waals surface area contributed by atoms with Crippen molar-refractivity contribution in [2.45, 2.75) is 24.4 Å². The zero-order chi connectivity index (χ0) is 10.2. The third-order valence-corrected chi connectivity index (χ3v) is 2.09. The Labute approximate surface area is 73.4 Å². The normalized spacial score (nSPS) is 41.1. The van der Waals surface area contributed by atoms with Crippen molar-refractivity contribution in [1.29, 1.82) is 0 Å². The Kier molecular flexibility index (Phi) is 2.99. The van der Waals surface area contributed by atoms with Crippen molar-refractivity contribution in [2.75, 3.05) is 6.61 Å². The minimum atomic E-state index is -1.89. The maximum Gasteiger partial charge on any atom is 0.135 e. The van der Waals surface area contributed by atoms with Crippen molar-refractivity contribution in [3.63, 3.8) is 0 Å². The Hall–Kier alpha value is -0.530. The number of hydrogen-bond acceptors (Lipinski definition) is 5. The van der Waals surface area contributed by atoms with Gasteiger partial charge in [0.05, 0.1) is 6.61 Å². The highest BCUT2D eigenvalue weighted by atomic mass is 19.1. The van der Waals surface area contributed by atoms with Crippen molar-refractivity contribution in [2.24, 2.45) is 0 Å². The predicted molar refractivity (Wildman–Crippen MR) is 39.2 cm³/mol. The van der Waals surface area contributed by atoms with Gasteiger partial charge in [0.2, 0.25) is 0 Å². The van der Waals surface area contributed by atoms with Gasteiger partial charge in [-0.15, -0.1) is 0 Å². The van der Waals surface area contributed by atoms with Crippen molar-refractivity contribution in [1.82, 2.24) is 0 Å². The molecule has 6 heteroatoms. The van der Waals surface area contributed by atoms with Crippen LogP contribution in [0.15, 0.2) is 11.4 Å². The molecule has 1 aliphatic rings. The summed E-state index contributed by atoms with van der Waals surface area (Å²) in [6.45, 7) is -0.812. The molecule has 0 aromatic rings. The molecule has 0 aliphatic heterocycles. The molecule has 0 heterocycles. The molecule has 0 fully saturated rings. The van der Waals surface area contributed by atoms with Crippen LogP contribution in [0.5, 0.6) is 0 Å². The first-order valence-electron chi connectivity index (χ1n) is 3.72. The van der Waals surface area contributed by atoms with E-state index in [1.54, 1.807) is 0 Å². The summed E-state index contributed by atoms with van der Waals surface area (Å²) in [5, 5.41) is 44.7. The van der Waals surface area contributed by atoms with Crippen LogP contribution in [0.2, 0.25) is 0 Å². The molecule has 0 unspecified atom stereocenters. The molecule has 1 aliphatic carbocycles. The molecule has 1 rings (SSSR count). The molecule has 13 heavy (non-hydrogen) atoms. The Bertz CT molecular complexity index is 229. The van der Waals surface area contributed by atoms with E-state index in [4.69, 9.17) is 25.5 Å². The summed E-state index contributed by atoms with van der Waals surface area (Å²) in [6, 6.07) is 0. The van der Waals surface area contributed by atoms with Gasteiger partial charge in [-0.1, -0.05) is 0 Å². The van der Waals surface area contributed by atoms with E-state index in [0.717, 1.165) is 0 Å². The molecule has 0 amide bonds. The van der Waals surface area contributed by atoms with Crippen LogP contribution in [0.4, 0.5) is 4.39 Å². The molecule has 0 saturated carbocycles. The zero-order valence-corrected chi connectivity index (χ0v) is 6.63. The van der Waals surface area contributed by atoms with Gasteiger partial charge >= 0.3 is 0 Å². The minimum Gasteiger partial charge on any atom is -0.392 e. The largest absolute Gasteiger partial charge is 0.392 e. The Morgan fingerprint density at radius 2 is 1.46 bits per heavy atom. The quantitative estimate of drug-likeness (QED) is 0.322. The van der Waals surface area contributed by atoms with Gasteiger partial charge in [-0.3, -0.25) is 0 Å². The third-order valence-electron chi connectivity index (χ3n) is 2.09. The summed E-state index contributed by atoms with van der Waals surface area (Å²) in [5.41, 5.74) is -0.495. The first-order chi connectivity index (χ1) is 6.00. The van der Waals surface area contributed by atoms with Crippen LogP contribution < -0.4 is 0 Å². The Balaban J connectivity index is 3.03. The molecule has 0 radical (unpaired) electrons. The van der Waals surface area contributed by atoms with Crippen LogP contribution in [0.1, 0.15) is 0 Å². The topological polar surface area (TPSA) is 101 Å². The van der Waals surface area contributed by atoms with E-state index in [2.05, 4.69) is 0 Å². The van der Waals surface area contributed by atoms with E-state index < -0.39 is 42.4 Å². The second-order valence-corrected chi connectivity index (χ2v) is 2.90. The molecular formula is C7H11FO5. The fourth-order valence-electron chi connectivity index (χ4n) is 1.23. The van der Waals surface area contributed by atoms with E-state index >= 15 is 0 Å². The van der Waals surface area contributed by atoms with Gasteiger partial charge in [0.1, 0.15) is 30.2 Å². The lowest BCUT2D eigenvalue weighted by Gasteiger charge is -2.32. The van der Waals surface area contributed by atoms with Crippen molar-refractivity contribution in [3.8, 4) is 0 Å². The van der Waals surface area contributed by atoms with Gasteiger partial charge in [0.15, 0.2) is 0 Å². The molecule has 0 aromatic carbocycles. The van der Waals surface area contributed by atoms with E-state index in [9.17, 15) is 4.39 Å². The summed E-state index contributed by atoms with van der Waals surface area (Å²) in [6.07, 6.45) is -7.02. The highest BCUT2D eigenvalue weighted by Gasteiger charge is 2.41. The average molecular weight is 194 g/mol. The first kappa shape index (κ1) is 10.6. The molecule has 0 saturated heterocycles. The van der Waals surface area contributed by atoms with Crippen molar-refractivity contribution in [3.05, 3.63) is 11.4 Å². The van der Waals surface area contributed by atoms with Gasteiger partial charge in [0.25, 0.3) is 0 Å². The zero-order valence-electron chi connectivity index (χ0n) is 6.63. The van der Waals surface area contributed by atoms with E-state index in [1.807, 2.05) is 0 Å². The van der Waals surface area contributed by atoms with Crippen LogP contribution in [0, 0.1) is 0 Å². The van der Waals surface area contributed by atoms with Crippen LogP contribution in [-0.2, 0) is 0 Å². The number of aliphatic hydroxyl groups excluding tert-OH is 5. The fraction of sp³-hybridized carbons (Fsp3) is 0.714. The van der Waals surface area contributed by atoms with Crippen LogP contribution in [-0.4, -0.2) is 56.6 Å². The van der Waals surface area contributed by atoms with Crippen LogP contribution >= 0.6 is 0 Å². The summed E-state index contributed by atoms with van der Waals surface area (Å²) in [5.74, 6) is -1.19. The predicted octanol–water partition coefficient (Wildman–Crippen LogP) is -2.34. The van der Waals surface area contributed by atoms with Crippen LogP contribution in [0.3, 0.4) is 0 Å². The molecule has 4 atom stereocenters. The van der Waals surface area contributed by atoms with Gasteiger partial charge < -0.3 is 25.5 Å². The third kappa shape index (κ3) is 1.59. The lowest BCUT2D eigenvalue weighted by molar-refractivity contribution is -0.106. The second-order valence-electron chi connectivity index (χ2n) is 2.90. The van der Waals surface area contributed by atoms with E-state index in [1.165, 1.54) is 0 Å². The number of halogens is 1. The SMILES string of the molecule is OCC1=C(F)[C@H](O)[C@H](O)[C@@H](O)[C@@H]1O. The molecule has 76 valence electrons. The van der Waals surface area contributed by atoms with Crippen LogP contribution in [0.25, 0.3) is 0 Å². The van der Waals surface area contributed by atoms with Gasteiger partial charge in [0, 0.05) is 5.57 Å². The standard InChI is InChI=1S/C7H11FO5/c8-3-2(1-9)4(10)6(12)7(13)5(3)11/h4-7,9-13H,1H2/t4-,5+,6+,7+/m1/s1. The van der Waals surface area contributed by atoms with Gasteiger partial charge in [-0.25, -0.2) is 4.39 Å². The average Bonchev–Trinajstić information content (AvgIpc) is 2.13. The monoisotopic (exact) mass is 194 g/mol. The highest BCUT2D eigenvalue weighted by molar-refractivity contribution is 5.24. The summed E-state index contributed by atoms with van der Waals surface area (Å²) >= 11 is 0. The molecule has 0 spiro atoms. The number of rotatable bonds is 1. The van der Waals surface area contributed by atoms with Gasteiger partial charge in [-0.2, -0.15) is 0 Å². The van der Waals surface area contributed by atoms with E-state index in [0.29, 0.717) is 0 Å². The van der Waals surface area contributed by atoms with Crippen molar-refractivity contribution >= 4 is 0 Å². The Morgan fingerprint density at radius 1 is 1.00 bits per heavy atom. The second kappa shape index (κ2) is 3.69. The molecular weight excluding hydrogens is 183 g/mol. The highest BCUT2D eigenvalue weighted by Crippen LogP contribution is 2.26. The van der Waals surface area contributed by atoms with Crippen molar-refractivity contribution < 1.29 is 29.9 Å². The van der Waals surface area contributed by atoms with E-state index in [-0.39, 0.29) is 0 Å². The minimum absolute atomic E-state index is 0.495. The molecule has 5 nitrogen and oxygen atoms in total. The summed E-state index contributed by atoms with van der Waals surface area (Å²) < 4.78 is 13.0. The molecule has 0 bridgehead atoms.